The van der Waals surface area contributed by atoms with Gasteiger partial charge < -0.3 is 4.74 Å². The van der Waals surface area contributed by atoms with Gasteiger partial charge in [-0.05, 0) is 59.4 Å². The lowest BCUT2D eigenvalue weighted by Gasteiger charge is -2.19. The Hall–Kier alpha value is -1.01. The van der Waals surface area contributed by atoms with Gasteiger partial charge in [-0.1, -0.05) is 0 Å². The summed E-state index contributed by atoms with van der Waals surface area (Å²) in [5.41, 5.74) is 0.464. The molecule has 0 spiro atoms. The first-order valence-electron chi connectivity index (χ1n) is 7.23. The summed E-state index contributed by atoms with van der Waals surface area (Å²) in [4.78, 5) is 12.8. The van der Waals surface area contributed by atoms with Gasteiger partial charge in [0.1, 0.15) is 16.6 Å². The van der Waals surface area contributed by atoms with E-state index in [1.807, 2.05) is 53.0 Å². The van der Waals surface area contributed by atoms with E-state index < -0.39 is 16.6 Å². The van der Waals surface area contributed by atoms with Crippen LogP contribution in [-0.4, -0.2) is 26.7 Å². The molecule has 1 aromatic rings. The topological polar surface area (TPSA) is 55.7 Å². The Kier molecular flexibility index (Phi) is 6.50. The van der Waals surface area contributed by atoms with Gasteiger partial charge in [0.25, 0.3) is 0 Å². The smallest absolute Gasteiger partial charge is 0.306 e. The maximum atomic E-state index is 11.9. The number of thiophene rings is 1. The molecular weight excluding hydrogens is 318 g/mol. The van der Waals surface area contributed by atoms with Crippen LogP contribution in [0.4, 0.5) is 0 Å². The van der Waals surface area contributed by atoms with E-state index in [1.165, 1.54) is 0 Å². The lowest BCUT2D eigenvalue weighted by Crippen LogP contribution is -2.24. The number of esters is 1. The second-order valence-corrected chi connectivity index (χ2v) is 9.92. The van der Waals surface area contributed by atoms with Crippen LogP contribution in [0.25, 0.3) is 0 Å². The van der Waals surface area contributed by atoms with Gasteiger partial charge in [-0.25, -0.2) is 4.21 Å². The van der Waals surface area contributed by atoms with Crippen LogP contribution < -0.4 is 0 Å². The van der Waals surface area contributed by atoms with E-state index in [-0.39, 0.29) is 10.7 Å². The third kappa shape index (κ3) is 6.83. The van der Waals surface area contributed by atoms with Crippen LogP contribution in [0.5, 0.6) is 0 Å². The molecule has 0 saturated heterocycles. The number of carbonyl (C=O) groups is 1. The SMILES string of the molecule is CC(C)(C)OC(=O)CCc1sccc1C=N[S@@](=O)C(C)(C)C. The third-order valence-corrected chi connectivity index (χ3v) is 4.91. The lowest BCUT2D eigenvalue weighted by atomic mass is 10.1. The van der Waals surface area contributed by atoms with Crippen molar-refractivity contribution in [2.45, 2.75) is 64.7 Å². The predicted octanol–water partition coefficient (Wildman–Crippen LogP) is 3.90. The van der Waals surface area contributed by atoms with Crippen LogP contribution >= 0.6 is 11.3 Å². The van der Waals surface area contributed by atoms with Crippen LogP contribution in [0, 0.1) is 0 Å². The van der Waals surface area contributed by atoms with E-state index >= 15 is 0 Å². The zero-order valence-corrected chi connectivity index (χ0v) is 15.8. The largest absolute Gasteiger partial charge is 0.460 e. The minimum Gasteiger partial charge on any atom is -0.460 e. The average Bonchev–Trinajstić information content (AvgIpc) is 2.77. The van der Waals surface area contributed by atoms with Crippen molar-refractivity contribution in [1.82, 2.24) is 0 Å². The summed E-state index contributed by atoms with van der Waals surface area (Å²) in [6.07, 6.45) is 2.58. The Morgan fingerprint density at radius 3 is 2.50 bits per heavy atom. The van der Waals surface area contributed by atoms with Crippen molar-refractivity contribution in [3.8, 4) is 0 Å². The first-order valence-corrected chi connectivity index (χ1v) is 9.22. The van der Waals surface area contributed by atoms with Crippen molar-refractivity contribution in [3.63, 3.8) is 0 Å². The molecule has 0 N–H and O–H groups in total. The molecule has 124 valence electrons. The fraction of sp³-hybridized carbons (Fsp3) is 0.625. The van der Waals surface area contributed by atoms with Crippen molar-refractivity contribution in [3.05, 3.63) is 21.9 Å². The van der Waals surface area contributed by atoms with Gasteiger partial charge in [0.05, 0.1) is 11.2 Å². The van der Waals surface area contributed by atoms with Gasteiger partial charge in [-0.3, -0.25) is 4.79 Å². The number of hydrogen-bond acceptors (Lipinski definition) is 4. The van der Waals surface area contributed by atoms with Crippen molar-refractivity contribution in [2.24, 2.45) is 4.40 Å². The number of rotatable bonds is 5. The first kappa shape index (κ1) is 19.0. The second-order valence-electron chi connectivity index (χ2n) is 6.98. The highest BCUT2D eigenvalue weighted by molar-refractivity contribution is 7.85. The zero-order chi connectivity index (χ0) is 17.0. The molecule has 1 heterocycles. The number of carbonyl (C=O) groups excluding carboxylic acids is 1. The third-order valence-electron chi connectivity index (χ3n) is 2.57. The maximum Gasteiger partial charge on any atom is 0.306 e. The van der Waals surface area contributed by atoms with Crippen LogP contribution in [0.15, 0.2) is 15.8 Å². The van der Waals surface area contributed by atoms with Gasteiger partial charge in [0.2, 0.25) is 0 Å². The Balaban J connectivity index is 2.65. The quantitative estimate of drug-likeness (QED) is 0.602. The van der Waals surface area contributed by atoms with E-state index in [1.54, 1.807) is 17.6 Å². The van der Waals surface area contributed by atoms with Gasteiger partial charge in [0, 0.05) is 16.7 Å². The van der Waals surface area contributed by atoms with E-state index in [0.29, 0.717) is 12.8 Å². The fourth-order valence-corrected chi connectivity index (χ4v) is 2.92. The van der Waals surface area contributed by atoms with Crippen molar-refractivity contribution in [2.75, 3.05) is 0 Å². The Morgan fingerprint density at radius 1 is 1.32 bits per heavy atom. The highest BCUT2D eigenvalue weighted by atomic mass is 32.2. The molecule has 0 saturated carbocycles. The lowest BCUT2D eigenvalue weighted by molar-refractivity contribution is -0.154. The summed E-state index contributed by atoms with van der Waals surface area (Å²) in [6, 6.07) is 1.93. The number of ether oxygens (including phenoxy) is 1. The van der Waals surface area contributed by atoms with Crippen LogP contribution in [-0.2, 0) is 26.9 Å². The molecule has 6 heteroatoms. The molecule has 1 atom stereocenters. The van der Waals surface area contributed by atoms with Gasteiger partial charge >= 0.3 is 5.97 Å². The molecule has 0 aromatic carbocycles. The first-order chi connectivity index (χ1) is 9.99. The zero-order valence-electron chi connectivity index (χ0n) is 14.1. The summed E-state index contributed by atoms with van der Waals surface area (Å²) in [7, 11) is -1.27. The molecular formula is C16H25NO3S2. The maximum absolute atomic E-state index is 11.9. The van der Waals surface area contributed by atoms with Gasteiger partial charge in [0.15, 0.2) is 0 Å². The number of nitrogens with zero attached hydrogens (tertiary/aromatic N) is 1. The minimum absolute atomic E-state index is 0.206. The van der Waals surface area contributed by atoms with Crippen molar-refractivity contribution < 1.29 is 13.7 Å². The van der Waals surface area contributed by atoms with Gasteiger partial charge in [-0.2, -0.15) is 4.40 Å². The van der Waals surface area contributed by atoms with E-state index in [0.717, 1.165) is 10.4 Å². The van der Waals surface area contributed by atoms with Crippen LogP contribution in [0.1, 0.15) is 58.4 Å². The standard InChI is InChI=1S/C16H25NO3S2/c1-15(2,3)20-14(18)8-7-13-12(9-10-21-13)11-17-22(19)16(4,5)6/h9-11H,7-8H2,1-6H3/t22-/m0/s1. The molecule has 0 unspecified atom stereocenters. The summed E-state index contributed by atoms with van der Waals surface area (Å²) < 4.78 is 21.0. The highest BCUT2D eigenvalue weighted by Gasteiger charge is 2.19. The van der Waals surface area contributed by atoms with Crippen molar-refractivity contribution >= 4 is 34.5 Å². The fourth-order valence-electron chi connectivity index (χ4n) is 1.54. The predicted molar refractivity (Wildman–Crippen MR) is 94.0 cm³/mol. The Bertz CT molecular complexity index is 563. The van der Waals surface area contributed by atoms with Crippen LogP contribution in [0.2, 0.25) is 0 Å². The van der Waals surface area contributed by atoms with E-state index in [4.69, 9.17) is 4.74 Å². The monoisotopic (exact) mass is 343 g/mol. The molecule has 1 rings (SSSR count). The summed E-state index contributed by atoms with van der Waals surface area (Å²) in [6.45, 7) is 11.2. The molecule has 0 amide bonds. The molecule has 0 aliphatic carbocycles. The summed E-state index contributed by atoms with van der Waals surface area (Å²) in [5.74, 6) is -0.206. The molecule has 0 radical (unpaired) electrons. The molecule has 0 aliphatic rings. The Labute approximate surface area is 139 Å². The second kappa shape index (κ2) is 7.51. The molecule has 22 heavy (non-hydrogen) atoms. The minimum atomic E-state index is -1.27. The summed E-state index contributed by atoms with van der Waals surface area (Å²) >= 11 is 1.57. The number of aryl methyl sites for hydroxylation is 1. The van der Waals surface area contributed by atoms with E-state index in [9.17, 15) is 9.00 Å². The Morgan fingerprint density at radius 2 is 1.95 bits per heavy atom. The molecule has 0 aliphatic heterocycles. The van der Waals surface area contributed by atoms with E-state index in [2.05, 4.69) is 4.40 Å². The molecule has 4 nitrogen and oxygen atoms in total. The molecule has 0 bridgehead atoms. The van der Waals surface area contributed by atoms with Crippen molar-refractivity contribution in [1.29, 1.82) is 0 Å². The van der Waals surface area contributed by atoms with Gasteiger partial charge in [-0.15, -0.1) is 11.3 Å². The highest BCUT2D eigenvalue weighted by Crippen LogP contribution is 2.19. The van der Waals surface area contributed by atoms with Crippen LogP contribution in [0.3, 0.4) is 0 Å². The number of hydrogen-bond donors (Lipinski definition) is 0. The average molecular weight is 344 g/mol. The normalized spacial score (nSPS) is 14.3. The molecule has 1 aromatic heterocycles. The molecule has 0 fully saturated rings. The summed E-state index contributed by atoms with van der Waals surface area (Å²) in [5, 5.41) is 1.95.